The highest BCUT2D eigenvalue weighted by Gasteiger charge is 2.21. The second-order valence-corrected chi connectivity index (χ2v) is 9.11. The van der Waals surface area contributed by atoms with Gasteiger partial charge in [-0.3, -0.25) is 0 Å². The van der Waals surface area contributed by atoms with Crippen LogP contribution in [0.25, 0.3) is 11.5 Å². The zero-order valence-corrected chi connectivity index (χ0v) is 19.5. The van der Waals surface area contributed by atoms with Gasteiger partial charge in [0.15, 0.2) is 5.03 Å². The van der Waals surface area contributed by atoms with Crippen molar-refractivity contribution < 1.29 is 23.4 Å². The van der Waals surface area contributed by atoms with Gasteiger partial charge in [0.05, 0.1) is 18.4 Å². The summed E-state index contributed by atoms with van der Waals surface area (Å²) in [4.78, 5) is 15.6. The van der Waals surface area contributed by atoms with Gasteiger partial charge in [-0.25, -0.2) is 14.2 Å². The molecule has 1 aromatic heterocycles. The molecule has 0 radical (unpaired) electrons. The Kier molecular flexibility index (Phi) is 7.23. The summed E-state index contributed by atoms with van der Waals surface area (Å²) in [6.07, 6.45) is 7.91. The average molecular weight is 471 g/mol. The van der Waals surface area contributed by atoms with Crippen molar-refractivity contribution in [1.29, 1.82) is 0 Å². The van der Waals surface area contributed by atoms with E-state index in [1.165, 1.54) is 51.0 Å². The fourth-order valence-corrected chi connectivity index (χ4v) is 4.91. The minimum atomic E-state index is -1.36. The fourth-order valence-electron chi connectivity index (χ4n) is 4.31. The molecule has 0 amide bonds. The molecule has 174 valence electrons. The van der Waals surface area contributed by atoms with Crippen molar-refractivity contribution in [3.8, 4) is 17.2 Å². The van der Waals surface area contributed by atoms with E-state index >= 15 is 0 Å². The summed E-state index contributed by atoms with van der Waals surface area (Å²) in [6, 6.07) is 10.6. The number of anilines is 1. The lowest BCUT2D eigenvalue weighted by molar-refractivity contribution is 0.0691. The molecule has 33 heavy (non-hydrogen) atoms. The molecule has 0 aliphatic heterocycles. The van der Waals surface area contributed by atoms with Crippen LogP contribution >= 0.6 is 11.9 Å². The van der Waals surface area contributed by atoms with E-state index in [2.05, 4.69) is 28.8 Å². The third kappa shape index (κ3) is 5.33. The van der Waals surface area contributed by atoms with Crippen LogP contribution in [-0.4, -0.2) is 23.2 Å². The molecule has 6 nitrogen and oxygen atoms in total. The molecule has 0 unspecified atom stereocenters. The normalized spacial score (nSPS) is 18.2. The maximum Gasteiger partial charge on any atom is 0.338 e. The molecular formula is C25H27FN2O4S. The Balaban J connectivity index is 1.40. The smallest absolute Gasteiger partial charge is 0.338 e. The molecule has 4 rings (SSSR count). The van der Waals surface area contributed by atoms with Gasteiger partial charge in [0.2, 0.25) is 5.89 Å². The predicted molar refractivity (Wildman–Crippen MR) is 126 cm³/mol. The van der Waals surface area contributed by atoms with E-state index in [-0.39, 0.29) is 5.75 Å². The number of methoxy groups -OCH3 is 1. The SMILES string of the molecule is CC[C@H]1CC[C@H](c2ccc(-c3nc(SNc4cc(F)c(C(=O)O)cc4OC)co3)cc2)CC1. The third-order valence-corrected chi connectivity index (χ3v) is 7.04. The van der Waals surface area contributed by atoms with Crippen LogP contribution in [0.4, 0.5) is 10.1 Å². The van der Waals surface area contributed by atoms with Crippen LogP contribution in [0.1, 0.15) is 60.9 Å². The number of nitrogens with zero attached hydrogens (tertiary/aromatic N) is 1. The molecule has 0 spiro atoms. The number of halogens is 1. The monoisotopic (exact) mass is 470 g/mol. The highest BCUT2D eigenvalue weighted by atomic mass is 32.2. The lowest BCUT2D eigenvalue weighted by Crippen LogP contribution is -2.12. The Labute approximate surface area is 196 Å². The Bertz CT molecular complexity index is 1110. The van der Waals surface area contributed by atoms with Crippen LogP contribution in [0.15, 0.2) is 52.1 Å². The first-order valence-electron chi connectivity index (χ1n) is 11.1. The number of nitrogens with one attached hydrogen (secondary N) is 1. The fraction of sp³-hybridized carbons (Fsp3) is 0.360. The second-order valence-electron chi connectivity index (χ2n) is 8.28. The molecule has 1 fully saturated rings. The van der Waals surface area contributed by atoms with Gasteiger partial charge < -0.3 is 19.0 Å². The van der Waals surface area contributed by atoms with Crippen LogP contribution in [0.2, 0.25) is 0 Å². The van der Waals surface area contributed by atoms with Crippen molar-refractivity contribution in [2.24, 2.45) is 5.92 Å². The van der Waals surface area contributed by atoms with Crippen molar-refractivity contribution in [2.45, 2.75) is 50.0 Å². The van der Waals surface area contributed by atoms with Gasteiger partial charge in [-0.15, -0.1) is 0 Å². The molecule has 2 aromatic carbocycles. The average Bonchev–Trinajstić information content (AvgIpc) is 3.32. The number of hydrogen-bond acceptors (Lipinski definition) is 6. The highest BCUT2D eigenvalue weighted by molar-refractivity contribution is 8.00. The first-order chi connectivity index (χ1) is 16.0. The Morgan fingerprint density at radius 3 is 2.61 bits per heavy atom. The van der Waals surface area contributed by atoms with E-state index in [9.17, 15) is 9.18 Å². The molecular weight excluding hydrogens is 443 g/mol. The predicted octanol–water partition coefficient (Wildman–Crippen LogP) is 6.99. The van der Waals surface area contributed by atoms with E-state index in [1.54, 1.807) is 0 Å². The summed E-state index contributed by atoms with van der Waals surface area (Å²) in [6.45, 7) is 2.28. The van der Waals surface area contributed by atoms with E-state index < -0.39 is 17.3 Å². The zero-order chi connectivity index (χ0) is 23.4. The van der Waals surface area contributed by atoms with Gasteiger partial charge in [-0.05, 0) is 61.3 Å². The van der Waals surface area contributed by atoms with Crippen molar-refractivity contribution in [3.63, 3.8) is 0 Å². The molecule has 0 saturated heterocycles. The van der Waals surface area contributed by atoms with Gasteiger partial charge in [0, 0.05) is 23.6 Å². The number of benzene rings is 2. The van der Waals surface area contributed by atoms with Crippen molar-refractivity contribution in [2.75, 3.05) is 11.8 Å². The largest absolute Gasteiger partial charge is 0.495 e. The lowest BCUT2D eigenvalue weighted by Gasteiger charge is -2.28. The second kappa shape index (κ2) is 10.3. The summed E-state index contributed by atoms with van der Waals surface area (Å²) in [5, 5.41) is 9.62. The van der Waals surface area contributed by atoms with Gasteiger partial charge in [0.25, 0.3) is 0 Å². The maximum atomic E-state index is 14.1. The van der Waals surface area contributed by atoms with E-state index in [1.807, 2.05) is 12.1 Å². The number of aromatic carboxylic acids is 1. The van der Waals surface area contributed by atoms with E-state index in [0.717, 1.165) is 35.6 Å². The number of ether oxygens (including phenoxy) is 1. The summed E-state index contributed by atoms with van der Waals surface area (Å²) in [7, 11) is 1.39. The number of oxazole rings is 1. The summed E-state index contributed by atoms with van der Waals surface area (Å²) in [5.74, 6) is 0.0170. The molecule has 3 aromatic rings. The molecule has 0 bridgehead atoms. The quantitative estimate of drug-likeness (QED) is 0.343. The summed E-state index contributed by atoms with van der Waals surface area (Å²) in [5.41, 5.74) is 2.11. The minimum absolute atomic E-state index is 0.216. The summed E-state index contributed by atoms with van der Waals surface area (Å²) >= 11 is 1.12. The number of carboxylic acid groups (broad SMARTS) is 1. The number of carboxylic acids is 1. The van der Waals surface area contributed by atoms with E-state index in [4.69, 9.17) is 14.3 Å². The molecule has 1 aliphatic carbocycles. The zero-order valence-electron chi connectivity index (χ0n) is 18.6. The molecule has 1 saturated carbocycles. The molecule has 1 aliphatic rings. The van der Waals surface area contributed by atoms with Crippen molar-refractivity contribution in [3.05, 3.63) is 59.6 Å². The molecule has 8 heteroatoms. The number of rotatable bonds is 8. The highest BCUT2D eigenvalue weighted by Crippen LogP contribution is 2.38. The standard InChI is InChI=1S/C25H27FN2O4S/c1-3-15-4-6-16(7-5-15)17-8-10-18(11-9-17)24-27-23(14-32-24)33-28-21-13-20(26)19(25(29)30)12-22(21)31-2/h8-16,28H,3-7H2,1-2H3,(H,29,30)/t15-,16-. The van der Waals surface area contributed by atoms with Gasteiger partial charge >= 0.3 is 5.97 Å². The Morgan fingerprint density at radius 1 is 1.24 bits per heavy atom. The Hall–Kier alpha value is -3.00. The first kappa shape index (κ1) is 23.2. The maximum absolute atomic E-state index is 14.1. The van der Waals surface area contributed by atoms with E-state index in [0.29, 0.717) is 22.5 Å². The number of hydrogen-bond donors (Lipinski definition) is 2. The van der Waals surface area contributed by atoms with Gasteiger partial charge in [0.1, 0.15) is 17.8 Å². The van der Waals surface area contributed by atoms with Crippen LogP contribution in [-0.2, 0) is 0 Å². The van der Waals surface area contributed by atoms with Crippen LogP contribution in [0.3, 0.4) is 0 Å². The summed E-state index contributed by atoms with van der Waals surface area (Å²) < 4.78 is 27.8. The van der Waals surface area contributed by atoms with Crippen molar-refractivity contribution in [1.82, 2.24) is 4.98 Å². The number of carbonyl (C=O) groups is 1. The van der Waals surface area contributed by atoms with Crippen molar-refractivity contribution >= 4 is 23.6 Å². The number of aromatic nitrogens is 1. The van der Waals surface area contributed by atoms with Gasteiger partial charge in [-0.2, -0.15) is 0 Å². The minimum Gasteiger partial charge on any atom is -0.495 e. The van der Waals surface area contributed by atoms with Crippen LogP contribution in [0, 0.1) is 11.7 Å². The van der Waals surface area contributed by atoms with Crippen LogP contribution in [0.5, 0.6) is 5.75 Å². The van der Waals surface area contributed by atoms with Gasteiger partial charge in [-0.1, -0.05) is 25.5 Å². The molecule has 0 atom stereocenters. The third-order valence-electron chi connectivity index (χ3n) is 6.32. The first-order valence-corrected chi connectivity index (χ1v) is 11.9. The lowest BCUT2D eigenvalue weighted by atomic mass is 9.78. The molecule has 1 heterocycles. The van der Waals surface area contributed by atoms with Crippen LogP contribution < -0.4 is 9.46 Å². The molecule has 2 N–H and O–H groups in total. The topological polar surface area (TPSA) is 84.6 Å². The Morgan fingerprint density at radius 2 is 1.97 bits per heavy atom.